The van der Waals surface area contributed by atoms with Crippen LogP contribution in [0.25, 0.3) is 0 Å². The molecule has 140 valence electrons. The van der Waals surface area contributed by atoms with Crippen LogP contribution in [0.5, 0.6) is 0 Å². The number of carbonyl (C=O) groups excluding carboxylic acids is 4. The van der Waals surface area contributed by atoms with Crippen molar-refractivity contribution in [1.82, 2.24) is 5.32 Å². The molecule has 0 aromatic heterocycles. The predicted octanol–water partition coefficient (Wildman–Crippen LogP) is 0.884. The van der Waals surface area contributed by atoms with Crippen molar-refractivity contribution in [2.45, 2.75) is 59.3 Å². The summed E-state index contributed by atoms with van der Waals surface area (Å²) in [4.78, 5) is 46.5. The van der Waals surface area contributed by atoms with Crippen molar-refractivity contribution in [3.05, 3.63) is 12.2 Å². The first kappa shape index (κ1) is 20.7. The van der Waals surface area contributed by atoms with Crippen LogP contribution in [0.15, 0.2) is 12.2 Å². The maximum atomic E-state index is 12.1. The van der Waals surface area contributed by atoms with Gasteiger partial charge in [-0.15, -0.1) is 0 Å². The third-order valence-corrected chi connectivity index (χ3v) is 3.46. The van der Waals surface area contributed by atoms with Crippen molar-refractivity contribution < 1.29 is 33.4 Å². The first-order chi connectivity index (χ1) is 11.4. The quantitative estimate of drug-likeness (QED) is 0.443. The summed E-state index contributed by atoms with van der Waals surface area (Å²) in [6, 6.07) is -0.912. The Bertz CT molecular complexity index is 590. The lowest BCUT2D eigenvalue weighted by Gasteiger charge is -2.36. The minimum absolute atomic E-state index is 0.318. The zero-order valence-corrected chi connectivity index (χ0v) is 15.4. The highest BCUT2D eigenvalue weighted by Gasteiger charge is 2.51. The van der Waals surface area contributed by atoms with Gasteiger partial charge in [0.05, 0.1) is 5.41 Å². The second-order valence-corrected chi connectivity index (χ2v) is 6.99. The van der Waals surface area contributed by atoms with Gasteiger partial charge in [-0.2, -0.15) is 0 Å². The minimum atomic E-state index is -1.46. The molecule has 1 aliphatic carbocycles. The van der Waals surface area contributed by atoms with E-state index in [4.69, 9.17) is 14.2 Å². The van der Waals surface area contributed by atoms with Crippen molar-refractivity contribution in [3.63, 3.8) is 0 Å². The van der Waals surface area contributed by atoms with Crippen LogP contribution < -0.4 is 5.32 Å². The Labute approximate surface area is 146 Å². The molecule has 0 aliphatic heterocycles. The van der Waals surface area contributed by atoms with Crippen LogP contribution in [0, 0.1) is 5.41 Å². The lowest BCUT2D eigenvalue weighted by atomic mass is 9.95. The maximum absolute atomic E-state index is 12.1. The lowest BCUT2D eigenvalue weighted by molar-refractivity contribution is -0.175. The van der Waals surface area contributed by atoms with Crippen LogP contribution >= 0.6 is 0 Å². The van der Waals surface area contributed by atoms with E-state index in [1.54, 1.807) is 20.8 Å². The van der Waals surface area contributed by atoms with E-state index in [2.05, 4.69) is 5.32 Å². The van der Waals surface area contributed by atoms with Crippen LogP contribution in [-0.2, 0) is 33.4 Å². The van der Waals surface area contributed by atoms with Crippen LogP contribution in [0.1, 0.15) is 41.5 Å². The first-order valence-electron chi connectivity index (χ1n) is 7.88. The number of nitrogens with one attached hydrogen (secondary N) is 1. The maximum Gasteiger partial charge on any atom is 0.311 e. The minimum Gasteiger partial charge on any atom is -0.461 e. The molecular weight excluding hydrogens is 330 g/mol. The van der Waals surface area contributed by atoms with E-state index in [-0.39, 0.29) is 6.61 Å². The van der Waals surface area contributed by atoms with Gasteiger partial charge in [0.25, 0.3) is 0 Å². The molecule has 0 saturated carbocycles. The SMILES string of the molecule is CC(=O)N[C@@H]1[C@@H](OC(C)=O)C=C[C@@]1(COC(=O)C(C)(C)C)OC(C)=O. The van der Waals surface area contributed by atoms with E-state index >= 15 is 0 Å². The van der Waals surface area contributed by atoms with E-state index in [1.807, 2.05) is 0 Å². The first-order valence-corrected chi connectivity index (χ1v) is 7.88. The van der Waals surface area contributed by atoms with Gasteiger partial charge >= 0.3 is 17.9 Å². The fourth-order valence-corrected chi connectivity index (χ4v) is 2.40. The van der Waals surface area contributed by atoms with Gasteiger partial charge in [-0.05, 0) is 32.9 Å². The van der Waals surface area contributed by atoms with Crippen molar-refractivity contribution in [1.29, 1.82) is 0 Å². The number of hydrogen-bond donors (Lipinski definition) is 1. The average Bonchev–Trinajstić information content (AvgIpc) is 2.72. The molecule has 0 heterocycles. The second kappa shape index (κ2) is 7.67. The summed E-state index contributed by atoms with van der Waals surface area (Å²) in [7, 11) is 0. The van der Waals surface area contributed by atoms with E-state index < -0.39 is 47.0 Å². The summed E-state index contributed by atoms with van der Waals surface area (Å²) < 4.78 is 15.8. The highest BCUT2D eigenvalue weighted by Crippen LogP contribution is 2.31. The average molecular weight is 355 g/mol. The standard InChI is InChI=1S/C17H25NO7/c1-10(19)18-14-13(24-11(2)20)7-8-17(14,25-12(3)21)9-23-15(22)16(4,5)6/h7-8,13-14H,9H2,1-6H3,(H,18,19)/t13-,14+,17-/m0/s1. The van der Waals surface area contributed by atoms with Gasteiger partial charge in [0, 0.05) is 20.8 Å². The normalized spacial score (nSPS) is 25.2. The molecule has 0 bridgehead atoms. The number of ether oxygens (including phenoxy) is 3. The number of esters is 3. The van der Waals surface area contributed by atoms with E-state index in [9.17, 15) is 19.2 Å². The van der Waals surface area contributed by atoms with Crippen molar-refractivity contribution in [2.75, 3.05) is 6.61 Å². The van der Waals surface area contributed by atoms with Crippen molar-refractivity contribution in [2.24, 2.45) is 5.41 Å². The Kier molecular flexibility index (Phi) is 6.34. The van der Waals surface area contributed by atoms with E-state index in [0.717, 1.165) is 0 Å². The molecule has 0 saturated heterocycles. The van der Waals surface area contributed by atoms with Gasteiger partial charge in [-0.3, -0.25) is 19.2 Å². The monoisotopic (exact) mass is 355 g/mol. The number of carbonyl (C=O) groups is 4. The van der Waals surface area contributed by atoms with Crippen LogP contribution in [0.2, 0.25) is 0 Å². The highest BCUT2D eigenvalue weighted by atomic mass is 16.6. The summed E-state index contributed by atoms with van der Waals surface area (Å²) in [6.07, 6.45) is 2.11. The fraction of sp³-hybridized carbons (Fsp3) is 0.647. The Morgan fingerprint density at radius 3 is 2.12 bits per heavy atom. The molecule has 0 aromatic carbocycles. The summed E-state index contributed by atoms with van der Waals surface area (Å²) in [5.74, 6) is -2.10. The summed E-state index contributed by atoms with van der Waals surface area (Å²) in [6.45, 7) is 8.45. The van der Waals surface area contributed by atoms with Crippen molar-refractivity contribution >= 4 is 23.8 Å². The number of amides is 1. The molecule has 0 radical (unpaired) electrons. The fourth-order valence-electron chi connectivity index (χ4n) is 2.40. The summed E-state index contributed by atoms with van der Waals surface area (Å²) >= 11 is 0. The van der Waals surface area contributed by atoms with Gasteiger partial charge in [0.2, 0.25) is 5.91 Å². The third-order valence-electron chi connectivity index (χ3n) is 3.46. The smallest absolute Gasteiger partial charge is 0.311 e. The molecule has 3 atom stereocenters. The summed E-state index contributed by atoms with van der Waals surface area (Å²) in [5.41, 5.74) is -2.21. The molecule has 0 spiro atoms. The van der Waals surface area contributed by atoms with E-state index in [1.165, 1.54) is 32.9 Å². The molecule has 0 unspecified atom stereocenters. The lowest BCUT2D eigenvalue weighted by Crippen LogP contribution is -2.59. The topological polar surface area (TPSA) is 108 Å². The largest absolute Gasteiger partial charge is 0.461 e. The molecule has 1 amide bonds. The number of hydrogen-bond acceptors (Lipinski definition) is 7. The van der Waals surface area contributed by atoms with Crippen molar-refractivity contribution in [3.8, 4) is 0 Å². The second-order valence-electron chi connectivity index (χ2n) is 6.99. The zero-order chi connectivity index (χ0) is 19.4. The van der Waals surface area contributed by atoms with Crippen LogP contribution in [0.3, 0.4) is 0 Å². The Hall–Kier alpha value is -2.38. The molecule has 8 heteroatoms. The zero-order valence-electron chi connectivity index (χ0n) is 15.4. The molecule has 8 nitrogen and oxygen atoms in total. The Morgan fingerprint density at radius 2 is 1.68 bits per heavy atom. The molecule has 1 aliphatic rings. The van der Waals surface area contributed by atoms with Gasteiger partial charge in [-0.1, -0.05) is 0 Å². The van der Waals surface area contributed by atoms with Gasteiger partial charge in [0.1, 0.15) is 18.8 Å². The molecule has 0 fully saturated rings. The highest BCUT2D eigenvalue weighted by molar-refractivity contribution is 5.76. The molecular formula is C17H25NO7. The number of rotatable bonds is 5. The Morgan fingerprint density at radius 1 is 1.08 bits per heavy atom. The predicted molar refractivity (Wildman–Crippen MR) is 87.2 cm³/mol. The Balaban J connectivity index is 3.13. The molecule has 25 heavy (non-hydrogen) atoms. The van der Waals surface area contributed by atoms with Crippen LogP contribution in [-0.4, -0.2) is 48.2 Å². The van der Waals surface area contributed by atoms with Gasteiger partial charge < -0.3 is 19.5 Å². The van der Waals surface area contributed by atoms with Crippen LogP contribution in [0.4, 0.5) is 0 Å². The third kappa shape index (κ3) is 5.58. The molecule has 1 rings (SSSR count). The molecule has 0 aromatic rings. The molecule has 1 N–H and O–H groups in total. The van der Waals surface area contributed by atoms with Gasteiger partial charge in [-0.25, -0.2) is 0 Å². The summed E-state index contributed by atoms with van der Waals surface area (Å²) in [5, 5.41) is 2.61. The van der Waals surface area contributed by atoms with Gasteiger partial charge in [0.15, 0.2) is 5.60 Å². The van der Waals surface area contributed by atoms with E-state index in [0.29, 0.717) is 0 Å².